The van der Waals surface area contributed by atoms with Gasteiger partial charge in [0.2, 0.25) is 5.91 Å². The van der Waals surface area contributed by atoms with Gasteiger partial charge in [0.25, 0.3) is 5.91 Å². The topological polar surface area (TPSA) is 120 Å². The average Bonchev–Trinajstić information content (AvgIpc) is 2.91. The van der Waals surface area contributed by atoms with E-state index in [1.165, 1.54) is 12.1 Å². The minimum atomic E-state index is -0.676. The highest BCUT2D eigenvalue weighted by atomic mass is 16.5. The molecule has 198 valence electrons. The van der Waals surface area contributed by atoms with Gasteiger partial charge in [-0.2, -0.15) is 0 Å². The van der Waals surface area contributed by atoms with Crippen molar-refractivity contribution in [1.29, 1.82) is 0 Å². The Morgan fingerprint density at radius 3 is 1.89 bits per heavy atom. The van der Waals surface area contributed by atoms with Gasteiger partial charge in [-0.05, 0) is 66.6 Å². The maximum absolute atomic E-state index is 12.2. The smallest absolute Gasteiger partial charge is 0.338 e. The summed E-state index contributed by atoms with van der Waals surface area (Å²) in [5.41, 5.74) is 1.36. The molecular weight excluding hydrogens is 488 g/mol. The first-order valence-corrected chi connectivity index (χ1v) is 12.1. The van der Waals surface area contributed by atoms with Gasteiger partial charge in [-0.3, -0.25) is 14.4 Å². The van der Waals surface area contributed by atoms with E-state index < -0.39 is 24.5 Å². The molecular formula is C29H30N2O7. The summed E-state index contributed by atoms with van der Waals surface area (Å²) in [6.45, 7) is 3.71. The number of amides is 2. The number of rotatable bonds is 12. The normalized spacial score (nSPS) is 10.4. The first kappa shape index (κ1) is 27.9. The summed E-state index contributed by atoms with van der Waals surface area (Å²) in [5.74, 6) is -0.475. The second kappa shape index (κ2) is 14.2. The van der Waals surface area contributed by atoms with E-state index in [1.54, 1.807) is 36.4 Å². The molecule has 0 radical (unpaired) electrons. The third-order valence-electron chi connectivity index (χ3n) is 4.99. The predicted molar refractivity (Wildman–Crippen MR) is 142 cm³/mol. The zero-order valence-corrected chi connectivity index (χ0v) is 21.3. The van der Waals surface area contributed by atoms with Crippen LogP contribution in [0.2, 0.25) is 0 Å². The lowest BCUT2D eigenvalue weighted by Gasteiger charge is -2.09. The Morgan fingerprint density at radius 2 is 1.26 bits per heavy atom. The van der Waals surface area contributed by atoms with E-state index in [9.17, 15) is 19.2 Å². The fourth-order valence-electron chi connectivity index (χ4n) is 3.10. The lowest BCUT2D eigenvalue weighted by atomic mass is 10.2. The lowest BCUT2D eigenvalue weighted by Crippen LogP contribution is -2.21. The fraction of sp³-hybridized carbons (Fsp3) is 0.241. The van der Waals surface area contributed by atoms with Gasteiger partial charge >= 0.3 is 11.9 Å². The van der Waals surface area contributed by atoms with Crippen molar-refractivity contribution >= 4 is 35.1 Å². The van der Waals surface area contributed by atoms with Crippen molar-refractivity contribution in [1.82, 2.24) is 0 Å². The van der Waals surface area contributed by atoms with Gasteiger partial charge in [-0.15, -0.1) is 0 Å². The number of nitrogens with one attached hydrogen (secondary N) is 2. The Balaban J connectivity index is 1.33. The van der Waals surface area contributed by atoms with Gasteiger partial charge < -0.3 is 24.8 Å². The van der Waals surface area contributed by atoms with Crippen LogP contribution in [0.15, 0.2) is 78.9 Å². The van der Waals surface area contributed by atoms with Gasteiger partial charge in [0, 0.05) is 17.8 Å². The fourth-order valence-corrected chi connectivity index (χ4v) is 3.10. The van der Waals surface area contributed by atoms with Crippen LogP contribution in [0.1, 0.15) is 37.0 Å². The van der Waals surface area contributed by atoms with Crippen LogP contribution in [0.5, 0.6) is 11.5 Å². The second-order valence-electron chi connectivity index (χ2n) is 8.77. The third kappa shape index (κ3) is 9.77. The first-order chi connectivity index (χ1) is 18.3. The molecule has 0 saturated carbocycles. The molecule has 2 amide bonds. The zero-order valence-electron chi connectivity index (χ0n) is 21.3. The Hall–Kier alpha value is -4.66. The summed E-state index contributed by atoms with van der Waals surface area (Å²) < 4.78 is 15.8. The summed E-state index contributed by atoms with van der Waals surface area (Å²) in [6.07, 6.45) is -0.279. The summed E-state index contributed by atoms with van der Waals surface area (Å²) in [6, 6.07) is 22.3. The van der Waals surface area contributed by atoms with Gasteiger partial charge in [0.15, 0.2) is 6.61 Å². The van der Waals surface area contributed by atoms with Gasteiger partial charge in [0.1, 0.15) is 11.5 Å². The molecule has 3 aromatic carbocycles. The molecule has 9 nitrogen and oxygen atoms in total. The van der Waals surface area contributed by atoms with Crippen molar-refractivity contribution in [2.45, 2.75) is 26.7 Å². The van der Waals surface area contributed by atoms with Crippen molar-refractivity contribution in [3.63, 3.8) is 0 Å². The predicted octanol–water partition coefficient (Wildman–Crippen LogP) is 5.19. The molecule has 0 aromatic heterocycles. The summed E-state index contributed by atoms with van der Waals surface area (Å²) in [7, 11) is 0. The van der Waals surface area contributed by atoms with Crippen molar-refractivity contribution in [3.8, 4) is 11.5 Å². The maximum atomic E-state index is 12.2. The van der Waals surface area contributed by atoms with E-state index in [1.807, 2.05) is 44.2 Å². The molecule has 0 aliphatic carbocycles. The molecule has 0 heterocycles. The molecule has 0 unspecified atom stereocenters. The Morgan fingerprint density at radius 1 is 0.684 bits per heavy atom. The molecule has 3 rings (SSSR count). The molecule has 0 spiro atoms. The van der Waals surface area contributed by atoms with Crippen LogP contribution >= 0.6 is 0 Å². The van der Waals surface area contributed by atoms with Crippen LogP contribution in [0.4, 0.5) is 11.4 Å². The SMILES string of the molecule is CC(C)COC(=O)c1ccc(NC(=O)COC(=O)CCC(=O)Nc2ccc(Oc3ccccc3)cc2)cc1. The molecule has 0 aliphatic rings. The summed E-state index contributed by atoms with van der Waals surface area (Å²) >= 11 is 0. The average molecular weight is 519 g/mol. The number of esters is 2. The van der Waals surface area contributed by atoms with Crippen LogP contribution in [0.25, 0.3) is 0 Å². The quantitative estimate of drug-likeness (QED) is 0.317. The first-order valence-electron chi connectivity index (χ1n) is 12.1. The molecule has 38 heavy (non-hydrogen) atoms. The Bertz CT molecular complexity index is 1220. The number of hydrogen-bond donors (Lipinski definition) is 2. The highest BCUT2D eigenvalue weighted by molar-refractivity contribution is 5.95. The number of benzene rings is 3. The maximum Gasteiger partial charge on any atom is 0.338 e. The van der Waals surface area contributed by atoms with E-state index in [0.717, 1.165) is 0 Å². The molecule has 2 N–H and O–H groups in total. The Kier molecular flexibility index (Phi) is 10.4. The summed E-state index contributed by atoms with van der Waals surface area (Å²) in [4.78, 5) is 48.1. The van der Waals surface area contributed by atoms with Crippen LogP contribution in [-0.4, -0.2) is 37.0 Å². The van der Waals surface area contributed by atoms with Crippen molar-refractivity contribution < 1.29 is 33.4 Å². The molecule has 3 aromatic rings. The highest BCUT2D eigenvalue weighted by Crippen LogP contribution is 2.22. The van der Waals surface area contributed by atoms with Crippen LogP contribution in [-0.2, 0) is 23.9 Å². The number of para-hydroxylation sites is 1. The molecule has 0 atom stereocenters. The van der Waals surface area contributed by atoms with Gasteiger partial charge in [-0.1, -0.05) is 32.0 Å². The van der Waals surface area contributed by atoms with E-state index in [2.05, 4.69) is 10.6 Å². The highest BCUT2D eigenvalue weighted by Gasteiger charge is 2.12. The zero-order chi connectivity index (χ0) is 27.3. The molecule has 0 saturated heterocycles. The third-order valence-corrected chi connectivity index (χ3v) is 4.99. The number of ether oxygens (including phenoxy) is 3. The van der Waals surface area contributed by atoms with E-state index in [0.29, 0.717) is 35.0 Å². The van der Waals surface area contributed by atoms with E-state index >= 15 is 0 Å². The van der Waals surface area contributed by atoms with Crippen molar-refractivity contribution in [2.24, 2.45) is 5.92 Å². The van der Waals surface area contributed by atoms with E-state index in [4.69, 9.17) is 14.2 Å². The standard InChI is InChI=1S/C29H30N2O7/c1-20(2)18-37-29(35)21-8-10-22(11-9-21)31-27(33)19-36-28(34)17-16-26(32)30-23-12-14-25(15-13-23)38-24-6-4-3-5-7-24/h3-15,20H,16-19H2,1-2H3,(H,30,32)(H,31,33). The number of anilines is 2. The number of carbonyl (C=O) groups is 4. The van der Waals surface area contributed by atoms with Crippen LogP contribution in [0, 0.1) is 5.92 Å². The number of hydrogen-bond acceptors (Lipinski definition) is 7. The Labute approximate surface area is 221 Å². The van der Waals surface area contributed by atoms with Gasteiger partial charge in [0.05, 0.1) is 18.6 Å². The minimum Gasteiger partial charge on any atom is -0.462 e. The van der Waals surface area contributed by atoms with Crippen molar-refractivity contribution in [3.05, 3.63) is 84.4 Å². The molecule has 9 heteroatoms. The molecule has 0 aliphatic heterocycles. The lowest BCUT2D eigenvalue weighted by molar-refractivity contribution is -0.147. The monoisotopic (exact) mass is 518 g/mol. The summed E-state index contributed by atoms with van der Waals surface area (Å²) in [5, 5.41) is 5.27. The van der Waals surface area contributed by atoms with Crippen LogP contribution < -0.4 is 15.4 Å². The molecule has 0 bridgehead atoms. The second-order valence-corrected chi connectivity index (χ2v) is 8.77. The van der Waals surface area contributed by atoms with E-state index in [-0.39, 0.29) is 24.7 Å². The number of carbonyl (C=O) groups excluding carboxylic acids is 4. The largest absolute Gasteiger partial charge is 0.462 e. The van der Waals surface area contributed by atoms with Gasteiger partial charge in [-0.25, -0.2) is 4.79 Å². The van der Waals surface area contributed by atoms with Crippen molar-refractivity contribution in [2.75, 3.05) is 23.8 Å². The van der Waals surface area contributed by atoms with Crippen LogP contribution in [0.3, 0.4) is 0 Å². The minimum absolute atomic E-state index is 0.100. The molecule has 0 fully saturated rings.